The van der Waals surface area contributed by atoms with Crippen molar-refractivity contribution in [2.75, 3.05) is 13.6 Å². The van der Waals surface area contributed by atoms with Crippen molar-refractivity contribution < 1.29 is 4.79 Å². The summed E-state index contributed by atoms with van der Waals surface area (Å²) in [6.07, 6.45) is 1.18. The van der Waals surface area contributed by atoms with Gasteiger partial charge in [0.05, 0.1) is 12.1 Å². The molecule has 0 saturated carbocycles. The number of aromatic nitrogens is 2. The third-order valence-corrected chi connectivity index (χ3v) is 3.17. The number of nitrogens with two attached hydrogens (primary N) is 1. The molecule has 110 valence electrons. The first kappa shape index (κ1) is 17.9. The van der Waals surface area contributed by atoms with E-state index in [0.29, 0.717) is 18.9 Å². The van der Waals surface area contributed by atoms with E-state index in [1.54, 1.807) is 4.90 Å². The smallest absolute Gasteiger partial charge is 0.228 e. The van der Waals surface area contributed by atoms with E-state index in [1.807, 2.05) is 20.0 Å². The Bertz CT molecular complexity index is 392. The van der Waals surface area contributed by atoms with Crippen LogP contribution in [0.1, 0.15) is 31.7 Å². The summed E-state index contributed by atoms with van der Waals surface area (Å²) in [6.45, 7) is 6.81. The molecule has 6 heteroatoms. The zero-order chi connectivity index (χ0) is 13.7. The van der Waals surface area contributed by atoms with E-state index in [9.17, 15) is 4.79 Å². The van der Waals surface area contributed by atoms with Crippen molar-refractivity contribution in [1.29, 1.82) is 0 Å². The number of carbonyl (C=O) groups excluding carboxylic acids is 1. The molecule has 0 aromatic carbocycles. The molecule has 5 nitrogen and oxygen atoms in total. The number of nitrogens with zero attached hydrogens (tertiary/aromatic N) is 2. The molecule has 1 aromatic rings. The Balaban J connectivity index is 0.00000324. The van der Waals surface area contributed by atoms with Gasteiger partial charge in [0, 0.05) is 25.3 Å². The number of halogens is 1. The zero-order valence-corrected chi connectivity index (χ0v) is 13.0. The summed E-state index contributed by atoms with van der Waals surface area (Å²) in [7, 11) is 1.81. The second-order valence-electron chi connectivity index (χ2n) is 5.23. The Morgan fingerprint density at radius 3 is 2.63 bits per heavy atom. The fourth-order valence-electron chi connectivity index (χ4n) is 1.66. The maximum atomic E-state index is 11.9. The highest BCUT2D eigenvalue weighted by atomic mass is 35.5. The standard InChI is InChI=1S/C13H24N4O.ClH/c1-9(2)12(14)5-6-17(4)13(18)8-11-7-10(3)15-16-11;/h7,9,12H,5-6,8,14H2,1-4H3,(H,15,16);1H. The van der Waals surface area contributed by atoms with E-state index in [-0.39, 0.29) is 24.4 Å². The van der Waals surface area contributed by atoms with Crippen molar-refractivity contribution in [3.8, 4) is 0 Å². The van der Waals surface area contributed by atoms with Crippen molar-refractivity contribution in [3.05, 3.63) is 17.5 Å². The van der Waals surface area contributed by atoms with Crippen LogP contribution in [0.15, 0.2) is 6.07 Å². The van der Waals surface area contributed by atoms with Crippen LogP contribution >= 0.6 is 12.4 Å². The molecule has 0 fully saturated rings. The van der Waals surface area contributed by atoms with Gasteiger partial charge in [-0.25, -0.2) is 0 Å². The normalized spacial score (nSPS) is 12.1. The molecule has 1 atom stereocenters. The quantitative estimate of drug-likeness (QED) is 0.833. The molecule has 0 radical (unpaired) electrons. The lowest BCUT2D eigenvalue weighted by molar-refractivity contribution is -0.129. The molecule has 0 bridgehead atoms. The molecule has 1 aromatic heterocycles. The number of H-pyrrole nitrogens is 1. The van der Waals surface area contributed by atoms with E-state index in [1.165, 1.54) is 0 Å². The van der Waals surface area contributed by atoms with Crippen molar-refractivity contribution in [2.24, 2.45) is 11.7 Å². The van der Waals surface area contributed by atoms with Gasteiger partial charge in [-0.05, 0) is 25.3 Å². The Labute approximate surface area is 121 Å². The molecule has 0 saturated heterocycles. The van der Waals surface area contributed by atoms with Gasteiger partial charge in [0.15, 0.2) is 0 Å². The molecule has 1 unspecified atom stereocenters. The molecule has 19 heavy (non-hydrogen) atoms. The molecule has 1 amide bonds. The molecule has 0 aliphatic carbocycles. The first-order valence-corrected chi connectivity index (χ1v) is 6.40. The summed E-state index contributed by atoms with van der Waals surface area (Å²) in [4.78, 5) is 13.7. The minimum Gasteiger partial charge on any atom is -0.345 e. The lowest BCUT2D eigenvalue weighted by Crippen LogP contribution is -2.35. The monoisotopic (exact) mass is 288 g/mol. The number of aromatic amines is 1. The summed E-state index contributed by atoms with van der Waals surface area (Å²) < 4.78 is 0. The fourth-order valence-corrected chi connectivity index (χ4v) is 1.66. The average Bonchev–Trinajstić information content (AvgIpc) is 2.70. The van der Waals surface area contributed by atoms with Crippen LogP contribution in [-0.4, -0.2) is 40.6 Å². The van der Waals surface area contributed by atoms with Crippen molar-refractivity contribution in [2.45, 2.75) is 39.7 Å². The number of carbonyl (C=O) groups is 1. The van der Waals surface area contributed by atoms with Crippen LogP contribution in [0.4, 0.5) is 0 Å². The number of aryl methyl sites for hydroxylation is 1. The van der Waals surface area contributed by atoms with Gasteiger partial charge in [-0.1, -0.05) is 13.8 Å². The Kier molecular flexibility index (Phi) is 7.71. The number of hydrogen-bond acceptors (Lipinski definition) is 3. The number of rotatable bonds is 6. The highest BCUT2D eigenvalue weighted by Gasteiger charge is 2.14. The van der Waals surface area contributed by atoms with Gasteiger partial charge < -0.3 is 10.6 Å². The minimum atomic E-state index is 0. The van der Waals surface area contributed by atoms with Crippen LogP contribution < -0.4 is 5.73 Å². The highest BCUT2D eigenvalue weighted by molar-refractivity contribution is 5.85. The van der Waals surface area contributed by atoms with Gasteiger partial charge in [0.1, 0.15) is 0 Å². The van der Waals surface area contributed by atoms with Crippen molar-refractivity contribution >= 4 is 18.3 Å². The van der Waals surface area contributed by atoms with Crippen LogP contribution in [0.3, 0.4) is 0 Å². The summed E-state index contributed by atoms with van der Waals surface area (Å²) in [6, 6.07) is 2.04. The zero-order valence-electron chi connectivity index (χ0n) is 12.1. The predicted molar refractivity (Wildman–Crippen MR) is 79.3 cm³/mol. The second-order valence-corrected chi connectivity index (χ2v) is 5.23. The minimum absolute atomic E-state index is 0. The van der Waals surface area contributed by atoms with Gasteiger partial charge >= 0.3 is 0 Å². The molecular weight excluding hydrogens is 264 g/mol. The van der Waals surface area contributed by atoms with E-state index in [0.717, 1.165) is 17.8 Å². The largest absolute Gasteiger partial charge is 0.345 e. The summed E-state index contributed by atoms with van der Waals surface area (Å²) >= 11 is 0. The molecule has 0 aliphatic rings. The molecule has 0 aliphatic heterocycles. The van der Waals surface area contributed by atoms with Gasteiger partial charge in [0.25, 0.3) is 0 Å². The lowest BCUT2D eigenvalue weighted by atomic mass is 10.0. The van der Waals surface area contributed by atoms with E-state index < -0.39 is 0 Å². The van der Waals surface area contributed by atoms with Crippen LogP contribution in [0.2, 0.25) is 0 Å². The van der Waals surface area contributed by atoms with Gasteiger partial charge in [-0.2, -0.15) is 5.10 Å². The number of hydrogen-bond donors (Lipinski definition) is 2. The Morgan fingerprint density at radius 1 is 1.53 bits per heavy atom. The number of nitrogens with one attached hydrogen (secondary N) is 1. The predicted octanol–water partition coefficient (Wildman–Crippen LogP) is 1.51. The fraction of sp³-hybridized carbons (Fsp3) is 0.692. The third-order valence-electron chi connectivity index (χ3n) is 3.17. The number of amides is 1. The van der Waals surface area contributed by atoms with Crippen LogP contribution in [-0.2, 0) is 11.2 Å². The molecule has 1 rings (SSSR count). The van der Waals surface area contributed by atoms with Crippen LogP contribution in [0.25, 0.3) is 0 Å². The maximum Gasteiger partial charge on any atom is 0.228 e. The van der Waals surface area contributed by atoms with Crippen LogP contribution in [0, 0.1) is 12.8 Å². The Hall–Kier alpha value is -1.07. The molecule has 1 heterocycles. The van der Waals surface area contributed by atoms with Gasteiger partial charge in [0.2, 0.25) is 5.91 Å². The SMILES string of the molecule is Cc1cc(CC(=O)N(C)CCC(N)C(C)C)n[nH]1.Cl. The van der Waals surface area contributed by atoms with E-state index in [4.69, 9.17) is 5.73 Å². The second kappa shape index (κ2) is 8.17. The third kappa shape index (κ3) is 6.07. The molecule has 0 spiro atoms. The Morgan fingerprint density at radius 2 is 2.16 bits per heavy atom. The first-order chi connectivity index (χ1) is 8.40. The van der Waals surface area contributed by atoms with E-state index in [2.05, 4.69) is 24.0 Å². The summed E-state index contributed by atoms with van der Waals surface area (Å²) in [5.74, 6) is 0.528. The lowest BCUT2D eigenvalue weighted by Gasteiger charge is -2.21. The maximum absolute atomic E-state index is 11.9. The summed E-state index contributed by atoms with van der Waals surface area (Å²) in [5, 5.41) is 6.90. The van der Waals surface area contributed by atoms with Gasteiger partial charge in [-0.3, -0.25) is 9.89 Å². The van der Waals surface area contributed by atoms with Crippen molar-refractivity contribution in [1.82, 2.24) is 15.1 Å². The highest BCUT2D eigenvalue weighted by Crippen LogP contribution is 2.05. The molecule has 3 N–H and O–H groups in total. The average molecular weight is 289 g/mol. The summed E-state index contributed by atoms with van der Waals surface area (Å²) in [5.41, 5.74) is 7.73. The van der Waals surface area contributed by atoms with Crippen molar-refractivity contribution in [3.63, 3.8) is 0 Å². The van der Waals surface area contributed by atoms with E-state index >= 15 is 0 Å². The number of likely N-dealkylation sites (N-methyl/N-ethyl adjacent to an activating group) is 1. The molecular formula is C13H25ClN4O. The topological polar surface area (TPSA) is 75.0 Å². The first-order valence-electron chi connectivity index (χ1n) is 6.40. The van der Waals surface area contributed by atoms with Gasteiger partial charge in [-0.15, -0.1) is 12.4 Å². The van der Waals surface area contributed by atoms with Crippen LogP contribution in [0.5, 0.6) is 0 Å².